The molecule has 0 unspecified atom stereocenters. The van der Waals surface area contributed by atoms with E-state index in [1.807, 2.05) is 31.2 Å². The van der Waals surface area contributed by atoms with E-state index in [0.29, 0.717) is 5.71 Å². The zero-order valence-electron chi connectivity index (χ0n) is 10.3. The van der Waals surface area contributed by atoms with Crippen LogP contribution in [-0.2, 0) is 12.8 Å². The van der Waals surface area contributed by atoms with Crippen LogP contribution in [0.2, 0.25) is 0 Å². The van der Waals surface area contributed by atoms with Crippen LogP contribution in [0.15, 0.2) is 47.0 Å². The third-order valence-corrected chi connectivity index (χ3v) is 2.90. The van der Waals surface area contributed by atoms with Gasteiger partial charge in [-0.2, -0.15) is 0 Å². The highest BCUT2D eigenvalue weighted by Crippen LogP contribution is 2.15. The Morgan fingerprint density at radius 1 is 1.11 bits per heavy atom. The van der Waals surface area contributed by atoms with E-state index < -0.39 is 0 Å². The SMILES string of the molecule is Cc1cnc2oc(CCc3ccccc3)nc2c1. The van der Waals surface area contributed by atoms with Crippen molar-refractivity contribution >= 4 is 11.2 Å². The van der Waals surface area contributed by atoms with E-state index >= 15 is 0 Å². The standard InChI is InChI=1S/C15H14N2O/c1-11-9-13-15(16-10-11)18-14(17-13)8-7-12-5-3-2-4-6-12/h2-6,9-10H,7-8H2,1H3. The summed E-state index contributed by atoms with van der Waals surface area (Å²) in [5.74, 6) is 0.756. The van der Waals surface area contributed by atoms with Crippen LogP contribution in [0.25, 0.3) is 11.2 Å². The summed E-state index contributed by atoms with van der Waals surface area (Å²) < 4.78 is 5.62. The van der Waals surface area contributed by atoms with Crippen LogP contribution in [0.4, 0.5) is 0 Å². The summed E-state index contributed by atoms with van der Waals surface area (Å²) >= 11 is 0. The van der Waals surface area contributed by atoms with Crippen molar-refractivity contribution < 1.29 is 4.42 Å². The smallest absolute Gasteiger partial charge is 0.246 e. The van der Waals surface area contributed by atoms with Crippen molar-refractivity contribution in [1.29, 1.82) is 0 Å². The van der Waals surface area contributed by atoms with Gasteiger partial charge in [-0.1, -0.05) is 30.3 Å². The molecular weight excluding hydrogens is 224 g/mol. The van der Waals surface area contributed by atoms with Crippen LogP contribution in [0, 0.1) is 6.92 Å². The van der Waals surface area contributed by atoms with Crippen LogP contribution in [0.1, 0.15) is 17.0 Å². The van der Waals surface area contributed by atoms with Crippen molar-refractivity contribution in [2.24, 2.45) is 0 Å². The minimum absolute atomic E-state index is 0.628. The third kappa shape index (κ3) is 2.25. The largest absolute Gasteiger partial charge is 0.422 e. The highest BCUT2D eigenvalue weighted by atomic mass is 16.4. The maximum absolute atomic E-state index is 5.62. The van der Waals surface area contributed by atoms with E-state index in [1.165, 1.54) is 5.56 Å². The van der Waals surface area contributed by atoms with Gasteiger partial charge in [0.1, 0.15) is 5.52 Å². The number of rotatable bonds is 3. The van der Waals surface area contributed by atoms with E-state index in [2.05, 4.69) is 22.1 Å². The van der Waals surface area contributed by atoms with E-state index in [4.69, 9.17) is 4.42 Å². The van der Waals surface area contributed by atoms with Gasteiger partial charge >= 0.3 is 0 Å². The van der Waals surface area contributed by atoms with Gasteiger partial charge in [0.25, 0.3) is 0 Å². The average Bonchev–Trinajstić information content (AvgIpc) is 2.79. The highest BCUT2D eigenvalue weighted by Gasteiger charge is 2.06. The monoisotopic (exact) mass is 238 g/mol. The predicted molar refractivity (Wildman–Crippen MR) is 70.4 cm³/mol. The molecule has 3 aromatic rings. The molecule has 0 aliphatic rings. The lowest BCUT2D eigenvalue weighted by Crippen LogP contribution is -1.90. The number of pyridine rings is 1. The van der Waals surface area contributed by atoms with Gasteiger partial charge in [-0.3, -0.25) is 0 Å². The Morgan fingerprint density at radius 3 is 2.78 bits per heavy atom. The lowest BCUT2D eigenvalue weighted by Gasteiger charge is -1.96. The number of benzene rings is 1. The van der Waals surface area contributed by atoms with E-state index in [-0.39, 0.29) is 0 Å². The van der Waals surface area contributed by atoms with Crippen LogP contribution in [0.5, 0.6) is 0 Å². The second-order valence-corrected chi connectivity index (χ2v) is 4.43. The molecule has 0 fully saturated rings. The van der Waals surface area contributed by atoms with Crippen molar-refractivity contribution in [3.05, 3.63) is 59.6 Å². The Labute approximate surface area is 105 Å². The van der Waals surface area contributed by atoms with Crippen LogP contribution in [-0.4, -0.2) is 9.97 Å². The Bertz CT molecular complexity index is 659. The maximum Gasteiger partial charge on any atom is 0.246 e. The minimum Gasteiger partial charge on any atom is -0.422 e. The highest BCUT2D eigenvalue weighted by molar-refractivity contribution is 5.68. The number of nitrogens with zero attached hydrogens (tertiary/aromatic N) is 2. The molecule has 0 amide bonds. The molecule has 0 spiro atoms. The van der Waals surface area contributed by atoms with Gasteiger partial charge in [-0.15, -0.1) is 0 Å². The lowest BCUT2D eigenvalue weighted by molar-refractivity contribution is 0.520. The molecule has 0 N–H and O–H groups in total. The zero-order chi connectivity index (χ0) is 12.4. The summed E-state index contributed by atoms with van der Waals surface area (Å²) in [6, 6.07) is 12.3. The fourth-order valence-electron chi connectivity index (χ4n) is 1.97. The first-order chi connectivity index (χ1) is 8.81. The van der Waals surface area contributed by atoms with Crippen LogP contribution >= 0.6 is 0 Å². The fourth-order valence-corrected chi connectivity index (χ4v) is 1.97. The molecule has 0 saturated carbocycles. The first-order valence-corrected chi connectivity index (χ1v) is 6.07. The summed E-state index contributed by atoms with van der Waals surface area (Å²) in [5, 5.41) is 0. The minimum atomic E-state index is 0.628. The quantitative estimate of drug-likeness (QED) is 0.702. The summed E-state index contributed by atoms with van der Waals surface area (Å²) in [6.45, 7) is 2.00. The molecule has 0 atom stereocenters. The number of fused-ring (bicyclic) bond motifs is 1. The van der Waals surface area contributed by atoms with E-state index in [0.717, 1.165) is 29.8 Å². The third-order valence-electron chi connectivity index (χ3n) is 2.90. The zero-order valence-corrected chi connectivity index (χ0v) is 10.3. The molecule has 3 heteroatoms. The van der Waals surface area contributed by atoms with E-state index in [9.17, 15) is 0 Å². The average molecular weight is 238 g/mol. The summed E-state index contributed by atoms with van der Waals surface area (Å²) in [6.07, 6.45) is 3.54. The molecule has 2 aromatic heterocycles. The fraction of sp³-hybridized carbons (Fsp3) is 0.200. The molecule has 18 heavy (non-hydrogen) atoms. The number of aromatic nitrogens is 2. The first-order valence-electron chi connectivity index (χ1n) is 6.07. The number of oxazole rings is 1. The molecule has 1 aromatic carbocycles. The van der Waals surface area contributed by atoms with Crippen LogP contribution in [0.3, 0.4) is 0 Å². The Morgan fingerprint density at radius 2 is 1.94 bits per heavy atom. The molecule has 0 aliphatic carbocycles. The number of aryl methyl sites for hydroxylation is 3. The van der Waals surface area contributed by atoms with Gasteiger partial charge in [0.15, 0.2) is 5.89 Å². The second kappa shape index (κ2) is 4.61. The van der Waals surface area contributed by atoms with Crippen molar-refractivity contribution in [1.82, 2.24) is 9.97 Å². The van der Waals surface area contributed by atoms with Gasteiger partial charge in [0, 0.05) is 12.6 Å². The molecule has 0 aliphatic heterocycles. The second-order valence-electron chi connectivity index (χ2n) is 4.43. The predicted octanol–water partition coefficient (Wildman–Crippen LogP) is 3.32. The van der Waals surface area contributed by atoms with Gasteiger partial charge in [0.2, 0.25) is 5.71 Å². The number of hydrogen-bond donors (Lipinski definition) is 0. The first kappa shape index (κ1) is 11.0. The van der Waals surface area contributed by atoms with Gasteiger partial charge in [-0.25, -0.2) is 9.97 Å². The van der Waals surface area contributed by atoms with Crippen LogP contribution < -0.4 is 0 Å². The molecule has 3 rings (SSSR count). The van der Waals surface area contributed by atoms with Gasteiger partial charge < -0.3 is 4.42 Å². The molecular formula is C15H14N2O. The molecule has 0 radical (unpaired) electrons. The summed E-state index contributed by atoms with van der Waals surface area (Å²) in [5.41, 5.74) is 3.87. The molecule has 3 nitrogen and oxygen atoms in total. The molecule has 2 heterocycles. The van der Waals surface area contributed by atoms with E-state index in [1.54, 1.807) is 6.20 Å². The van der Waals surface area contributed by atoms with Gasteiger partial charge in [-0.05, 0) is 30.5 Å². The number of hydrogen-bond acceptors (Lipinski definition) is 3. The summed E-state index contributed by atoms with van der Waals surface area (Å²) in [4.78, 5) is 8.69. The molecule has 0 saturated heterocycles. The van der Waals surface area contributed by atoms with Crippen molar-refractivity contribution in [2.45, 2.75) is 19.8 Å². The Balaban J connectivity index is 1.79. The van der Waals surface area contributed by atoms with Crippen molar-refractivity contribution in [3.63, 3.8) is 0 Å². The summed E-state index contributed by atoms with van der Waals surface area (Å²) in [7, 11) is 0. The Hall–Kier alpha value is -2.16. The topological polar surface area (TPSA) is 38.9 Å². The molecule has 90 valence electrons. The molecule has 0 bridgehead atoms. The Kier molecular flexibility index (Phi) is 2.81. The lowest BCUT2D eigenvalue weighted by atomic mass is 10.1. The van der Waals surface area contributed by atoms with Gasteiger partial charge in [0.05, 0.1) is 0 Å². The van der Waals surface area contributed by atoms with Crippen molar-refractivity contribution in [2.75, 3.05) is 0 Å². The maximum atomic E-state index is 5.62. The normalized spacial score (nSPS) is 10.9. The van der Waals surface area contributed by atoms with Crippen molar-refractivity contribution in [3.8, 4) is 0 Å².